The van der Waals surface area contributed by atoms with Crippen molar-refractivity contribution in [2.24, 2.45) is 0 Å². The van der Waals surface area contributed by atoms with Gasteiger partial charge < -0.3 is 0 Å². The lowest BCUT2D eigenvalue weighted by Crippen LogP contribution is -2.46. The summed E-state index contributed by atoms with van der Waals surface area (Å²) in [6.45, 7) is 10.2. The average Bonchev–Trinajstić information content (AvgIpc) is 3.27. The molecule has 5 heteroatoms. The van der Waals surface area contributed by atoms with Gasteiger partial charge in [0.15, 0.2) is 0 Å². The van der Waals surface area contributed by atoms with E-state index >= 15 is 0 Å². The fraction of sp³-hybridized carbons (Fsp3) is 0.619. The molecule has 0 unspecified atom stereocenters. The highest BCUT2D eigenvalue weighted by atomic mass is 15.5. The first-order valence-corrected chi connectivity index (χ1v) is 10.3. The van der Waals surface area contributed by atoms with Crippen LogP contribution in [0.1, 0.15) is 51.3 Å². The van der Waals surface area contributed by atoms with Crippen LogP contribution in [-0.2, 0) is 6.54 Å². The number of rotatable bonds is 7. The van der Waals surface area contributed by atoms with E-state index in [0.717, 1.165) is 25.3 Å². The SMILES string of the molecule is CCCCCN1C[C@@H]2[C@@H](C1)n1nnc(-c3ccccc3)c1CN2CCC. The molecule has 3 heterocycles. The van der Waals surface area contributed by atoms with Crippen LogP contribution in [0.3, 0.4) is 0 Å². The van der Waals surface area contributed by atoms with Gasteiger partial charge in [0, 0.05) is 31.2 Å². The van der Waals surface area contributed by atoms with E-state index in [9.17, 15) is 0 Å². The Bertz CT molecular complexity index is 710. The van der Waals surface area contributed by atoms with Crippen LogP contribution < -0.4 is 0 Å². The minimum Gasteiger partial charge on any atom is -0.300 e. The summed E-state index contributed by atoms with van der Waals surface area (Å²) in [6, 6.07) is 11.5. The fourth-order valence-corrected chi connectivity index (χ4v) is 4.60. The van der Waals surface area contributed by atoms with E-state index in [0.29, 0.717) is 12.1 Å². The Morgan fingerprint density at radius 2 is 1.77 bits per heavy atom. The Morgan fingerprint density at radius 3 is 2.54 bits per heavy atom. The summed E-state index contributed by atoms with van der Waals surface area (Å²) in [5.74, 6) is 0. The molecule has 0 N–H and O–H groups in total. The molecule has 1 saturated heterocycles. The third kappa shape index (κ3) is 3.30. The van der Waals surface area contributed by atoms with Crippen molar-refractivity contribution in [3.05, 3.63) is 36.0 Å². The van der Waals surface area contributed by atoms with Gasteiger partial charge in [-0.15, -0.1) is 5.10 Å². The summed E-state index contributed by atoms with van der Waals surface area (Å²) >= 11 is 0. The summed E-state index contributed by atoms with van der Waals surface area (Å²) in [7, 11) is 0. The van der Waals surface area contributed by atoms with Crippen molar-refractivity contribution in [1.82, 2.24) is 24.8 Å². The second-order valence-corrected chi connectivity index (χ2v) is 7.77. The Kier molecular flexibility index (Phi) is 5.36. The number of hydrogen-bond acceptors (Lipinski definition) is 4. The quantitative estimate of drug-likeness (QED) is 0.713. The van der Waals surface area contributed by atoms with Gasteiger partial charge in [0.25, 0.3) is 0 Å². The monoisotopic (exact) mass is 353 g/mol. The molecule has 0 saturated carbocycles. The molecule has 2 aliphatic heterocycles. The maximum Gasteiger partial charge on any atom is 0.117 e. The van der Waals surface area contributed by atoms with Gasteiger partial charge in [0.2, 0.25) is 0 Å². The van der Waals surface area contributed by atoms with Crippen LogP contribution in [0.4, 0.5) is 0 Å². The van der Waals surface area contributed by atoms with E-state index in [1.807, 2.05) is 0 Å². The van der Waals surface area contributed by atoms with Gasteiger partial charge in [0.1, 0.15) is 5.69 Å². The van der Waals surface area contributed by atoms with Crippen LogP contribution in [0.5, 0.6) is 0 Å². The van der Waals surface area contributed by atoms with Crippen LogP contribution in [0.25, 0.3) is 11.3 Å². The Balaban J connectivity index is 1.61. The molecule has 0 bridgehead atoms. The molecule has 2 aliphatic rings. The normalized spacial score (nSPS) is 23.2. The van der Waals surface area contributed by atoms with Crippen LogP contribution in [0.2, 0.25) is 0 Å². The number of likely N-dealkylation sites (tertiary alicyclic amines) is 1. The van der Waals surface area contributed by atoms with E-state index in [4.69, 9.17) is 0 Å². The van der Waals surface area contributed by atoms with Gasteiger partial charge in [-0.25, -0.2) is 4.68 Å². The minimum absolute atomic E-state index is 0.442. The van der Waals surface area contributed by atoms with E-state index in [-0.39, 0.29) is 0 Å². The highest BCUT2D eigenvalue weighted by molar-refractivity contribution is 5.61. The standard InChI is InChI=1S/C21H31N5/c1-3-5-9-13-24-14-18-19(15-24)26-20(16-25(18)12-4-2)21(22-23-26)17-10-7-6-8-11-17/h6-8,10-11,18-19H,3-5,9,12-16H2,1-2H3/t18-,19-/m1/s1. The molecule has 0 amide bonds. The molecule has 140 valence electrons. The summed E-state index contributed by atoms with van der Waals surface area (Å²) in [5.41, 5.74) is 3.54. The van der Waals surface area contributed by atoms with Crippen LogP contribution >= 0.6 is 0 Å². The molecule has 0 spiro atoms. The van der Waals surface area contributed by atoms with Crippen molar-refractivity contribution in [3.8, 4) is 11.3 Å². The minimum atomic E-state index is 0.442. The smallest absolute Gasteiger partial charge is 0.117 e. The molecule has 0 aliphatic carbocycles. The first-order valence-electron chi connectivity index (χ1n) is 10.3. The third-order valence-electron chi connectivity index (χ3n) is 5.90. The van der Waals surface area contributed by atoms with Crippen molar-refractivity contribution < 1.29 is 0 Å². The molecule has 2 aromatic rings. The fourth-order valence-electron chi connectivity index (χ4n) is 4.60. The molecular weight excluding hydrogens is 322 g/mol. The van der Waals surface area contributed by atoms with Gasteiger partial charge in [-0.2, -0.15) is 0 Å². The third-order valence-corrected chi connectivity index (χ3v) is 5.90. The van der Waals surface area contributed by atoms with Crippen LogP contribution in [0, 0.1) is 0 Å². The zero-order valence-corrected chi connectivity index (χ0v) is 16.1. The van der Waals surface area contributed by atoms with Crippen LogP contribution in [-0.4, -0.2) is 57.0 Å². The lowest BCUT2D eigenvalue weighted by atomic mass is 10.0. The largest absolute Gasteiger partial charge is 0.300 e. The zero-order valence-electron chi connectivity index (χ0n) is 16.1. The van der Waals surface area contributed by atoms with E-state index < -0.39 is 0 Å². The first kappa shape index (κ1) is 17.7. The van der Waals surface area contributed by atoms with Gasteiger partial charge >= 0.3 is 0 Å². The predicted molar refractivity (Wildman–Crippen MR) is 105 cm³/mol. The van der Waals surface area contributed by atoms with Crippen molar-refractivity contribution in [3.63, 3.8) is 0 Å². The summed E-state index contributed by atoms with van der Waals surface area (Å²) in [4.78, 5) is 5.32. The number of unbranched alkanes of at least 4 members (excludes halogenated alkanes) is 2. The number of fused-ring (bicyclic) bond motifs is 3. The molecule has 1 fully saturated rings. The molecule has 5 nitrogen and oxygen atoms in total. The van der Waals surface area contributed by atoms with Gasteiger partial charge in [-0.05, 0) is 25.9 Å². The molecule has 26 heavy (non-hydrogen) atoms. The van der Waals surface area contributed by atoms with Crippen molar-refractivity contribution in [1.29, 1.82) is 0 Å². The van der Waals surface area contributed by atoms with Gasteiger partial charge in [-0.1, -0.05) is 62.2 Å². The number of hydrogen-bond donors (Lipinski definition) is 0. The van der Waals surface area contributed by atoms with Gasteiger partial charge in [-0.3, -0.25) is 9.80 Å². The zero-order chi connectivity index (χ0) is 17.9. The van der Waals surface area contributed by atoms with E-state index in [1.54, 1.807) is 0 Å². The predicted octanol–water partition coefficient (Wildman–Crippen LogP) is 3.59. The maximum absolute atomic E-state index is 4.61. The highest BCUT2D eigenvalue weighted by Crippen LogP contribution is 2.36. The van der Waals surface area contributed by atoms with Gasteiger partial charge in [0.05, 0.1) is 11.7 Å². The highest BCUT2D eigenvalue weighted by Gasteiger charge is 2.43. The van der Waals surface area contributed by atoms with E-state index in [2.05, 4.69) is 69.0 Å². The maximum atomic E-state index is 4.61. The van der Waals surface area contributed by atoms with E-state index in [1.165, 1.54) is 50.0 Å². The topological polar surface area (TPSA) is 37.2 Å². The second kappa shape index (κ2) is 7.89. The first-order chi connectivity index (χ1) is 12.8. The Morgan fingerprint density at radius 1 is 0.962 bits per heavy atom. The molecular formula is C21H31N5. The summed E-state index contributed by atoms with van der Waals surface area (Å²) in [5, 5.41) is 9.21. The summed E-state index contributed by atoms with van der Waals surface area (Å²) < 4.78 is 2.25. The number of benzene rings is 1. The lowest BCUT2D eigenvalue weighted by Gasteiger charge is -2.37. The number of aromatic nitrogens is 3. The number of nitrogens with zero attached hydrogens (tertiary/aromatic N) is 5. The second-order valence-electron chi connectivity index (χ2n) is 7.77. The van der Waals surface area contributed by atoms with Crippen LogP contribution in [0.15, 0.2) is 30.3 Å². The van der Waals surface area contributed by atoms with Crippen molar-refractivity contribution in [2.75, 3.05) is 26.2 Å². The molecule has 2 atom stereocenters. The molecule has 1 aromatic heterocycles. The molecule has 0 radical (unpaired) electrons. The Hall–Kier alpha value is -1.72. The Labute approximate surface area is 157 Å². The summed E-state index contributed by atoms with van der Waals surface area (Å²) in [6.07, 6.45) is 5.12. The van der Waals surface area contributed by atoms with Crippen molar-refractivity contribution >= 4 is 0 Å². The average molecular weight is 354 g/mol. The lowest BCUT2D eigenvalue weighted by molar-refractivity contribution is 0.122. The molecule has 1 aromatic carbocycles. The molecule has 4 rings (SSSR count). The van der Waals surface area contributed by atoms with Crippen molar-refractivity contribution in [2.45, 2.75) is 58.2 Å².